The van der Waals surface area contributed by atoms with Gasteiger partial charge in [0.25, 0.3) is 5.91 Å². The SMILES string of the molecule is C/C(C[C@H](N[S@@](=O)C(C)(C)C)C(F)(F)F)=C1/C(=O)N(C)c2ccccc21. The van der Waals surface area contributed by atoms with Crippen molar-refractivity contribution in [3.05, 3.63) is 35.4 Å². The van der Waals surface area contributed by atoms with Gasteiger partial charge in [0, 0.05) is 18.2 Å². The van der Waals surface area contributed by atoms with Gasteiger partial charge in [0.1, 0.15) is 6.04 Å². The first kappa shape index (κ1) is 20.6. The number of rotatable bonds is 4. The van der Waals surface area contributed by atoms with Gasteiger partial charge < -0.3 is 4.90 Å². The number of nitrogens with zero attached hydrogens (tertiary/aromatic N) is 1. The standard InChI is InChI=1S/C18H23F3N2O2S/c1-11(10-14(18(19,20)21)22-26(25)17(2,3)4)15-12-8-6-7-9-13(12)23(5)16(15)24/h6-9,14,22H,10H2,1-5H3/b15-11-/t14-,26-/m0/s1. The molecule has 0 aliphatic carbocycles. The largest absolute Gasteiger partial charge is 0.405 e. The Kier molecular flexibility index (Phi) is 5.68. The first-order valence-corrected chi connectivity index (χ1v) is 9.31. The van der Waals surface area contributed by atoms with Crippen LogP contribution in [0.2, 0.25) is 0 Å². The molecule has 0 bridgehead atoms. The van der Waals surface area contributed by atoms with E-state index in [2.05, 4.69) is 4.72 Å². The van der Waals surface area contributed by atoms with Crippen molar-refractivity contribution in [3.8, 4) is 0 Å². The number of hydrogen-bond donors (Lipinski definition) is 1. The van der Waals surface area contributed by atoms with Crippen molar-refractivity contribution < 1.29 is 22.2 Å². The Balaban J connectivity index is 2.38. The molecule has 0 unspecified atom stereocenters. The summed E-state index contributed by atoms with van der Waals surface area (Å²) in [5.74, 6) is -0.332. The second-order valence-electron chi connectivity index (χ2n) is 7.33. The quantitative estimate of drug-likeness (QED) is 0.798. The van der Waals surface area contributed by atoms with Gasteiger partial charge in [-0.05, 0) is 40.2 Å². The van der Waals surface area contributed by atoms with Crippen LogP contribution < -0.4 is 9.62 Å². The third kappa shape index (κ3) is 4.17. The van der Waals surface area contributed by atoms with Crippen LogP contribution in [0.5, 0.6) is 0 Å². The predicted molar refractivity (Wildman–Crippen MR) is 97.9 cm³/mol. The molecule has 0 spiro atoms. The Morgan fingerprint density at radius 3 is 2.35 bits per heavy atom. The second kappa shape index (κ2) is 7.15. The fraction of sp³-hybridized carbons (Fsp3) is 0.500. The van der Waals surface area contributed by atoms with Gasteiger partial charge in [0.05, 0.1) is 21.4 Å². The summed E-state index contributed by atoms with van der Waals surface area (Å²) < 4.78 is 53.9. The monoisotopic (exact) mass is 388 g/mol. The molecular formula is C18H23F3N2O2S. The van der Waals surface area contributed by atoms with E-state index in [0.29, 0.717) is 16.8 Å². The number of nitrogens with one attached hydrogen (secondary N) is 1. The zero-order valence-electron chi connectivity index (χ0n) is 15.4. The summed E-state index contributed by atoms with van der Waals surface area (Å²) in [5.41, 5.74) is 1.88. The first-order chi connectivity index (χ1) is 11.8. The van der Waals surface area contributed by atoms with Crippen LogP contribution in [0.1, 0.15) is 39.7 Å². The molecule has 0 fully saturated rings. The Morgan fingerprint density at radius 1 is 1.23 bits per heavy atom. The summed E-state index contributed by atoms with van der Waals surface area (Å²) in [7, 11) is -0.288. The Labute approximate surface area is 154 Å². The summed E-state index contributed by atoms with van der Waals surface area (Å²) in [5, 5.41) is 0. The van der Waals surface area contributed by atoms with E-state index < -0.39 is 34.4 Å². The zero-order chi connectivity index (χ0) is 19.9. The summed E-state index contributed by atoms with van der Waals surface area (Å²) in [6, 6.07) is 4.99. The van der Waals surface area contributed by atoms with Crippen LogP contribution >= 0.6 is 0 Å². The van der Waals surface area contributed by atoms with Crippen molar-refractivity contribution in [2.45, 2.75) is 51.1 Å². The van der Waals surface area contributed by atoms with Crippen LogP contribution in [0.4, 0.5) is 18.9 Å². The van der Waals surface area contributed by atoms with Crippen LogP contribution in [-0.2, 0) is 15.8 Å². The van der Waals surface area contributed by atoms with Crippen molar-refractivity contribution in [2.75, 3.05) is 11.9 Å². The molecular weight excluding hydrogens is 365 g/mol. The number of amides is 1. The van der Waals surface area contributed by atoms with E-state index in [9.17, 15) is 22.2 Å². The van der Waals surface area contributed by atoms with Crippen molar-refractivity contribution in [3.63, 3.8) is 0 Å². The molecule has 26 heavy (non-hydrogen) atoms. The molecule has 0 radical (unpaired) electrons. The number of carbonyl (C=O) groups excluding carboxylic acids is 1. The molecule has 8 heteroatoms. The van der Waals surface area contributed by atoms with E-state index in [1.165, 1.54) is 11.8 Å². The van der Waals surface area contributed by atoms with Crippen LogP contribution in [0, 0.1) is 0 Å². The van der Waals surface area contributed by atoms with Gasteiger partial charge in [0.2, 0.25) is 0 Å². The van der Waals surface area contributed by atoms with Crippen LogP contribution in [0.15, 0.2) is 29.8 Å². The van der Waals surface area contributed by atoms with E-state index in [0.717, 1.165) is 0 Å². The maximum atomic E-state index is 13.5. The molecule has 1 amide bonds. The lowest BCUT2D eigenvalue weighted by molar-refractivity contribution is -0.150. The molecule has 1 aliphatic rings. The minimum atomic E-state index is -4.59. The average Bonchev–Trinajstić information content (AvgIpc) is 2.76. The number of fused-ring (bicyclic) bond motifs is 1. The fourth-order valence-corrected chi connectivity index (χ4v) is 3.55. The number of alkyl halides is 3. The number of anilines is 1. The number of halogens is 3. The maximum Gasteiger partial charge on any atom is 0.405 e. The molecule has 1 N–H and O–H groups in total. The molecule has 4 nitrogen and oxygen atoms in total. The van der Waals surface area contributed by atoms with Gasteiger partial charge in [-0.1, -0.05) is 23.8 Å². The lowest BCUT2D eigenvalue weighted by Crippen LogP contribution is -2.47. The van der Waals surface area contributed by atoms with Gasteiger partial charge >= 0.3 is 6.18 Å². The molecule has 1 aromatic rings. The molecule has 1 heterocycles. The minimum Gasteiger partial charge on any atom is -0.311 e. The summed E-state index contributed by atoms with van der Waals surface area (Å²) in [6.07, 6.45) is -5.04. The number of para-hydroxylation sites is 1. The predicted octanol–water partition coefficient (Wildman–Crippen LogP) is 3.81. The third-order valence-corrected chi connectivity index (χ3v) is 5.80. The molecule has 2 atom stereocenters. The number of likely N-dealkylation sites (N-methyl/N-ethyl adjacent to an activating group) is 1. The van der Waals surface area contributed by atoms with Crippen molar-refractivity contribution in [1.82, 2.24) is 4.72 Å². The van der Waals surface area contributed by atoms with E-state index in [-0.39, 0.29) is 11.5 Å². The highest BCUT2D eigenvalue weighted by molar-refractivity contribution is 7.84. The second-order valence-corrected chi connectivity index (χ2v) is 9.33. The smallest absolute Gasteiger partial charge is 0.311 e. The molecule has 0 saturated heterocycles. The number of carbonyl (C=O) groups is 1. The molecule has 2 rings (SSSR count). The minimum absolute atomic E-state index is 0.278. The maximum absolute atomic E-state index is 13.5. The average molecular weight is 388 g/mol. The van der Waals surface area contributed by atoms with Crippen molar-refractivity contribution in [2.24, 2.45) is 0 Å². The van der Waals surface area contributed by atoms with Gasteiger partial charge in [-0.25, -0.2) is 8.93 Å². The molecule has 0 saturated carbocycles. The van der Waals surface area contributed by atoms with E-state index in [1.807, 2.05) is 0 Å². The summed E-state index contributed by atoms with van der Waals surface area (Å²) >= 11 is 0. The molecule has 1 aliphatic heterocycles. The topological polar surface area (TPSA) is 49.4 Å². The van der Waals surface area contributed by atoms with Gasteiger partial charge in [-0.15, -0.1) is 0 Å². The fourth-order valence-electron chi connectivity index (χ4n) is 2.72. The summed E-state index contributed by atoms with van der Waals surface area (Å²) in [4.78, 5) is 14.0. The first-order valence-electron chi connectivity index (χ1n) is 8.16. The van der Waals surface area contributed by atoms with E-state index >= 15 is 0 Å². The molecule has 1 aromatic carbocycles. The lowest BCUT2D eigenvalue weighted by atomic mass is 9.97. The highest BCUT2D eigenvalue weighted by atomic mass is 32.2. The third-order valence-electron chi connectivity index (χ3n) is 4.19. The highest BCUT2D eigenvalue weighted by Gasteiger charge is 2.43. The van der Waals surface area contributed by atoms with Crippen LogP contribution in [-0.4, -0.2) is 34.1 Å². The van der Waals surface area contributed by atoms with E-state index in [4.69, 9.17) is 0 Å². The zero-order valence-corrected chi connectivity index (χ0v) is 16.2. The van der Waals surface area contributed by atoms with E-state index in [1.54, 1.807) is 52.1 Å². The molecule has 0 aromatic heterocycles. The Hall–Kier alpha value is -1.67. The molecule has 144 valence electrons. The van der Waals surface area contributed by atoms with Crippen LogP contribution in [0.3, 0.4) is 0 Å². The number of hydrogen-bond acceptors (Lipinski definition) is 2. The van der Waals surface area contributed by atoms with Crippen molar-refractivity contribution in [1.29, 1.82) is 0 Å². The summed E-state index contributed by atoms with van der Waals surface area (Å²) in [6.45, 7) is 6.31. The highest BCUT2D eigenvalue weighted by Crippen LogP contribution is 2.39. The Morgan fingerprint density at radius 2 is 1.81 bits per heavy atom. The number of benzene rings is 1. The van der Waals surface area contributed by atoms with Crippen LogP contribution in [0.25, 0.3) is 5.57 Å². The van der Waals surface area contributed by atoms with Crippen molar-refractivity contribution >= 4 is 28.2 Å². The normalized spacial score (nSPS) is 19.4. The lowest BCUT2D eigenvalue weighted by Gasteiger charge is -2.26. The Bertz CT molecular complexity index is 766. The van der Waals surface area contributed by atoms with Gasteiger partial charge in [0.15, 0.2) is 0 Å². The van der Waals surface area contributed by atoms with Gasteiger partial charge in [-0.3, -0.25) is 4.79 Å². The van der Waals surface area contributed by atoms with Gasteiger partial charge in [-0.2, -0.15) is 13.2 Å².